The average Bonchev–Trinajstić information content (AvgIpc) is 3.05. The minimum atomic E-state index is -0.364. The van der Waals surface area contributed by atoms with Crippen molar-refractivity contribution in [3.05, 3.63) is 12.3 Å². The van der Waals surface area contributed by atoms with Crippen LogP contribution in [0.25, 0.3) is 0 Å². The number of carbonyl (C=O) groups excluding carboxylic acids is 1. The number of aliphatic hydroxyl groups is 1. The largest absolute Gasteiger partial charge is 0.481 e. The number of hydrogen-bond donors (Lipinski definition) is 3. The molecule has 3 rings (SSSR count). The second kappa shape index (κ2) is 10.7. The number of aromatic nitrogens is 2. The zero-order valence-electron chi connectivity index (χ0n) is 14.8. The summed E-state index contributed by atoms with van der Waals surface area (Å²) in [6.45, 7) is 3.40. The van der Waals surface area contributed by atoms with Crippen LogP contribution < -0.4 is 20.3 Å². The molecule has 2 unspecified atom stereocenters. The predicted octanol–water partition coefficient (Wildman–Crippen LogP) is 0.242. The lowest BCUT2D eigenvalue weighted by Crippen LogP contribution is -2.43. The van der Waals surface area contributed by atoms with Gasteiger partial charge >= 0.3 is 0 Å². The highest BCUT2D eigenvalue weighted by atomic mass is 35.5. The molecule has 2 saturated heterocycles. The number of methoxy groups -OCH3 is 1. The average molecular weight is 408 g/mol. The van der Waals surface area contributed by atoms with Gasteiger partial charge in [0.2, 0.25) is 17.7 Å². The molecule has 10 heteroatoms. The summed E-state index contributed by atoms with van der Waals surface area (Å²) in [4.78, 5) is 23.0. The monoisotopic (exact) mass is 407 g/mol. The first-order chi connectivity index (χ1) is 11.7. The zero-order valence-corrected chi connectivity index (χ0v) is 16.4. The number of β-amino-alcohol motifs (C(OH)–C–C–N with tert-alkyl or cyclic N) is 1. The first-order valence-electron chi connectivity index (χ1n) is 8.46. The highest BCUT2D eigenvalue weighted by Gasteiger charge is 2.29. The van der Waals surface area contributed by atoms with E-state index >= 15 is 0 Å². The second-order valence-corrected chi connectivity index (χ2v) is 6.39. The standard InChI is InChI=1S/C16H25N5O3.2ClH/c1-24-14-2-5-18-16(20-14)21-6-3-11(4-7-21)15(23)19-9-12-8-17-10-13(12)22;;/h2,5,11-13,17,22H,3-4,6-10H2,1H3,(H,19,23);2*1H. The van der Waals surface area contributed by atoms with E-state index in [0.29, 0.717) is 24.9 Å². The van der Waals surface area contributed by atoms with Crippen molar-refractivity contribution in [2.45, 2.75) is 18.9 Å². The van der Waals surface area contributed by atoms with Crippen LogP contribution in [-0.2, 0) is 4.79 Å². The lowest BCUT2D eigenvalue weighted by molar-refractivity contribution is -0.125. The fourth-order valence-electron chi connectivity index (χ4n) is 3.24. The number of aliphatic hydroxyl groups excluding tert-OH is 1. The van der Waals surface area contributed by atoms with E-state index in [-0.39, 0.29) is 48.7 Å². The van der Waals surface area contributed by atoms with Gasteiger partial charge in [-0.15, -0.1) is 24.8 Å². The van der Waals surface area contributed by atoms with E-state index < -0.39 is 0 Å². The van der Waals surface area contributed by atoms with Crippen LogP contribution >= 0.6 is 24.8 Å². The summed E-state index contributed by atoms with van der Waals surface area (Å²) >= 11 is 0. The Morgan fingerprint density at radius 2 is 2.12 bits per heavy atom. The van der Waals surface area contributed by atoms with Crippen LogP contribution in [0.15, 0.2) is 12.3 Å². The van der Waals surface area contributed by atoms with Crippen LogP contribution in [-0.4, -0.2) is 66.9 Å². The van der Waals surface area contributed by atoms with Crippen molar-refractivity contribution in [3.8, 4) is 5.88 Å². The predicted molar refractivity (Wildman–Crippen MR) is 103 cm³/mol. The Balaban J connectivity index is 0.00000169. The van der Waals surface area contributed by atoms with Gasteiger partial charge in [0.15, 0.2) is 0 Å². The molecule has 148 valence electrons. The Hall–Kier alpha value is -1.35. The summed E-state index contributed by atoms with van der Waals surface area (Å²) < 4.78 is 5.13. The molecule has 0 aliphatic carbocycles. The van der Waals surface area contributed by atoms with Crippen LogP contribution in [0.4, 0.5) is 5.95 Å². The van der Waals surface area contributed by atoms with Crippen molar-refractivity contribution < 1.29 is 14.6 Å². The van der Waals surface area contributed by atoms with E-state index in [4.69, 9.17) is 4.74 Å². The van der Waals surface area contributed by atoms with Crippen LogP contribution in [0.5, 0.6) is 5.88 Å². The highest BCUT2D eigenvalue weighted by Crippen LogP contribution is 2.22. The summed E-state index contributed by atoms with van der Waals surface area (Å²) in [7, 11) is 1.58. The van der Waals surface area contributed by atoms with E-state index in [9.17, 15) is 9.90 Å². The first-order valence-corrected chi connectivity index (χ1v) is 8.46. The number of piperidine rings is 1. The molecule has 1 aromatic rings. The molecule has 0 aromatic carbocycles. The van der Waals surface area contributed by atoms with Gasteiger partial charge in [-0.3, -0.25) is 4.79 Å². The number of amides is 1. The van der Waals surface area contributed by atoms with Gasteiger partial charge in [0.1, 0.15) is 0 Å². The van der Waals surface area contributed by atoms with Crippen LogP contribution in [0.3, 0.4) is 0 Å². The maximum atomic E-state index is 12.3. The Bertz CT molecular complexity index is 573. The number of carbonyl (C=O) groups is 1. The number of halogens is 2. The van der Waals surface area contributed by atoms with E-state index in [1.165, 1.54) is 0 Å². The molecule has 1 amide bonds. The maximum Gasteiger partial charge on any atom is 0.228 e. The van der Waals surface area contributed by atoms with Crippen molar-refractivity contribution in [1.82, 2.24) is 20.6 Å². The molecule has 0 spiro atoms. The van der Waals surface area contributed by atoms with Crippen LogP contribution in [0.2, 0.25) is 0 Å². The zero-order chi connectivity index (χ0) is 16.9. The Morgan fingerprint density at radius 1 is 1.38 bits per heavy atom. The van der Waals surface area contributed by atoms with Gasteiger partial charge in [-0.1, -0.05) is 0 Å². The molecule has 0 bridgehead atoms. The molecule has 0 radical (unpaired) electrons. The van der Waals surface area contributed by atoms with Crippen molar-refractivity contribution in [2.24, 2.45) is 11.8 Å². The number of anilines is 1. The van der Waals surface area contributed by atoms with Gasteiger partial charge in [-0.05, 0) is 12.8 Å². The van der Waals surface area contributed by atoms with Crippen molar-refractivity contribution in [2.75, 3.05) is 44.7 Å². The molecule has 1 aromatic heterocycles. The van der Waals surface area contributed by atoms with E-state index in [0.717, 1.165) is 32.5 Å². The van der Waals surface area contributed by atoms with Crippen molar-refractivity contribution in [3.63, 3.8) is 0 Å². The molecule has 0 saturated carbocycles. The smallest absolute Gasteiger partial charge is 0.228 e. The third-order valence-electron chi connectivity index (χ3n) is 4.82. The summed E-state index contributed by atoms with van der Waals surface area (Å²) in [6.07, 6.45) is 2.87. The molecule has 3 heterocycles. The first kappa shape index (κ1) is 22.7. The molecule has 2 aliphatic rings. The molecule has 2 fully saturated rings. The lowest BCUT2D eigenvalue weighted by Gasteiger charge is -2.31. The summed E-state index contributed by atoms with van der Waals surface area (Å²) in [5.74, 6) is 1.40. The quantitative estimate of drug-likeness (QED) is 0.642. The SMILES string of the molecule is COc1ccnc(N2CCC(C(=O)NCC3CNCC3O)CC2)n1.Cl.Cl. The van der Waals surface area contributed by atoms with E-state index in [2.05, 4.69) is 25.5 Å². The maximum absolute atomic E-state index is 12.3. The molecular weight excluding hydrogens is 381 g/mol. The third-order valence-corrected chi connectivity index (χ3v) is 4.82. The Morgan fingerprint density at radius 3 is 2.73 bits per heavy atom. The van der Waals surface area contributed by atoms with Crippen LogP contribution in [0.1, 0.15) is 12.8 Å². The van der Waals surface area contributed by atoms with Crippen LogP contribution in [0, 0.1) is 11.8 Å². The van der Waals surface area contributed by atoms with Gasteiger partial charge in [0.05, 0.1) is 13.2 Å². The normalized spacial score (nSPS) is 22.9. The van der Waals surface area contributed by atoms with Gasteiger partial charge in [0, 0.05) is 56.8 Å². The Labute approximate surface area is 165 Å². The van der Waals surface area contributed by atoms with E-state index in [1.54, 1.807) is 19.4 Å². The summed E-state index contributed by atoms with van der Waals surface area (Å²) in [6, 6.07) is 1.72. The Kier molecular flexibility index (Phi) is 9.35. The minimum Gasteiger partial charge on any atom is -0.481 e. The highest BCUT2D eigenvalue weighted by molar-refractivity contribution is 5.85. The van der Waals surface area contributed by atoms with Crippen molar-refractivity contribution in [1.29, 1.82) is 0 Å². The second-order valence-electron chi connectivity index (χ2n) is 6.39. The molecule has 3 N–H and O–H groups in total. The lowest BCUT2D eigenvalue weighted by atomic mass is 9.95. The number of nitrogens with one attached hydrogen (secondary N) is 2. The molecular formula is C16H27Cl2N5O3. The summed E-state index contributed by atoms with van der Waals surface area (Å²) in [5, 5.41) is 15.9. The number of nitrogens with zero attached hydrogens (tertiary/aromatic N) is 3. The fraction of sp³-hybridized carbons (Fsp3) is 0.688. The number of ether oxygens (including phenoxy) is 1. The van der Waals surface area contributed by atoms with Crippen molar-refractivity contribution >= 4 is 36.7 Å². The number of rotatable bonds is 5. The molecule has 8 nitrogen and oxygen atoms in total. The van der Waals surface area contributed by atoms with Gasteiger partial charge in [0.25, 0.3) is 0 Å². The third kappa shape index (κ3) is 5.57. The van der Waals surface area contributed by atoms with Gasteiger partial charge in [-0.25, -0.2) is 4.98 Å². The minimum absolute atomic E-state index is 0. The molecule has 2 atom stereocenters. The topological polar surface area (TPSA) is 99.6 Å². The number of hydrogen-bond acceptors (Lipinski definition) is 7. The van der Waals surface area contributed by atoms with E-state index in [1.807, 2.05) is 0 Å². The van der Waals surface area contributed by atoms with Gasteiger partial charge < -0.3 is 25.4 Å². The molecule has 26 heavy (non-hydrogen) atoms. The summed E-state index contributed by atoms with van der Waals surface area (Å²) in [5.41, 5.74) is 0. The van der Waals surface area contributed by atoms with Gasteiger partial charge in [-0.2, -0.15) is 4.98 Å². The fourth-order valence-corrected chi connectivity index (χ4v) is 3.24. The molecule has 2 aliphatic heterocycles.